The maximum absolute atomic E-state index is 11.6. The highest BCUT2D eigenvalue weighted by Gasteiger charge is 2.25. The van der Waals surface area contributed by atoms with Gasteiger partial charge in [0.1, 0.15) is 0 Å². The standard InChI is InChI=1S/C11H21ClN2O3/c1-11(2,8-12)10(16)14-6-5-13-9(15)4-7-17-3/h4-8H2,1-3H3,(H,13,15)(H,14,16). The minimum absolute atomic E-state index is 0.0855. The van der Waals surface area contributed by atoms with Gasteiger partial charge in [-0.2, -0.15) is 0 Å². The van der Waals surface area contributed by atoms with Crippen LogP contribution in [0, 0.1) is 5.41 Å². The van der Waals surface area contributed by atoms with Crippen LogP contribution in [0.5, 0.6) is 0 Å². The third-order valence-electron chi connectivity index (χ3n) is 2.21. The van der Waals surface area contributed by atoms with Crippen LogP contribution in [0.2, 0.25) is 0 Å². The summed E-state index contributed by atoms with van der Waals surface area (Å²) in [6, 6.07) is 0. The van der Waals surface area contributed by atoms with Crippen molar-refractivity contribution in [2.24, 2.45) is 5.41 Å². The predicted molar refractivity (Wildman–Crippen MR) is 67.0 cm³/mol. The van der Waals surface area contributed by atoms with Gasteiger partial charge < -0.3 is 15.4 Å². The first kappa shape index (κ1) is 16.2. The monoisotopic (exact) mass is 264 g/mol. The lowest BCUT2D eigenvalue weighted by molar-refractivity contribution is -0.128. The molecule has 0 aromatic heterocycles. The maximum Gasteiger partial charge on any atom is 0.226 e. The second kappa shape index (κ2) is 8.31. The first-order valence-electron chi connectivity index (χ1n) is 5.54. The average molecular weight is 265 g/mol. The third-order valence-corrected chi connectivity index (χ3v) is 2.88. The van der Waals surface area contributed by atoms with E-state index in [-0.39, 0.29) is 17.7 Å². The number of alkyl halides is 1. The fourth-order valence-corrected chi connectivity index (χ4v) is 1.08. The summed E-state index contributed by atoms with van der Waals surface area (Å²) in [5.74, 6) is 0.0651. The Hall–Kier alpha value is -0.810. The summed E-state index contributed by atoms with van der Waals surface area (Å²) in [6.45, 7) is 4.75. The summed E-state index contributed by atoms with van der Waals surface area (Å²) in [5, 5.41) is 5.39. The van der Waals surface area contributed by atoms with Crippen molar-refractivity contribution in [2.75, 3.05) is 32.7 Å². The van der Waals surface area contributed by atoms with Crippen molar-refractivity contribution < 1.29 is 14.3 Å². The molecule has 0 aromatic carbocycles. The fraction of sp³-hybridized carbons (Fsp3) is 0.818. The summed E-state index contributed by atoms with van der Waals surface area (Å²) in [7, 11) is 1.54. The normalized spacial score (nSPS) is 11.1. The van der Waals surface area contributed by atoms with Gasteiger partial charge in [0.2, 0.25) is 11.8 Å². The predicted octanol–water partition coefficient (Wildman–Crippen LogP) is 0.520. The molecule has 0 saturated heterocycles. The van der Waals surface area contributed by atoms with Gasteiger partial charge in [0.05, 0.1) is 12.0 Å². The first-order chi connectivity index (χ1) is 7.94. The van der Waals surface area contributed by atoms with E-state index in [1.807, 2.05) is 0 Å². The van der Waals surface area contributed by atoms with Crippen LogP contribution in [0.25, 0.3) is 0 Å². The Bertz CT molecular complexity index is 257. The SMILES string of the molecule is COCCC(=O)NCCNC(=O)C(C)(C)CCl. The molecule has 0 aliphatic rings. The smallest absolute Gasteiger partial charge is 0.226 e. The number of methoxy groups -OCH3 is 1. The highest BCUT2D eigenvalue weighted by atomic mass is 35.5. The van der Waals surface area contributed by atoms with E-state index in [1.165, 1.54) is 0 Å². The topological polar surface area (TPSA) is 67.4 Å². The van der Waals surface area contributed by atoms with Gasteiger partial charge >= 0.3 is 0 Å². The zero-order chi connectivity index (χ0) is 13.3. The molecule has 0 heterocycles. The van der Waals surface area contributed by atoms with Crippen LogP contribution in [0.1, 0.15) is 20.3 Å². The van der Waals surface area contributed by atoms with E-state index in [9.17, 15) is 9.59 Å². The van der Waals surface area contributed by atoms with E-state index in [2.05, 4.69) is 10.6 Å². The number of hydrogen-bond acceptors (Lipinski definition) is 3. The quantitative estimate of drug-likeness (QED) is 0.496. The third kappa shape index (κ3) is 7.18. The number of nitrogens with one attached hydrogen (secondary N) is 2. The molecule has 17 heavy (non-hydrogen) atoms. The number of amides is 2. The molecule has 0 saturated carbocycles. The minimum Gasteiger partial charge on any atom is -0.384 e. The van der Waals surface area contributed by atoms with Gasteiger partial charge in [0, 0.05) is 32.5 Å². The van der Waals surface area contributed by atoms with Crippen LogP contribution in [0.4, 0.5) is 0 Å². The highest BCUT2D eigenvalue weighted by Crippen LogP contribution is 2.16. The van der Waals surface area contributed by atoms with Crippen molar-refractivity contribution in [3.05, 3.63) is 0 Å². The molecule has 100 valence electrons. The lowest BCUT2D eigenvalue weighted by Crippen LogP contribution is -2.42. The van der Waals surface area contributed by atoms with Crippen LogP contribution < -0.4 is 10.6 Å². The van der Waals surface area contributed by atoms with E-state index in [1.54, 1.807) is 21.0 Å². The second-order valence-corrected chi connectivity index (χ2v) is 4.63. The van der Waals surface area contributed by atoms with Gasteiger partial charge in [-0.25, -0.2) is 0 Å². The van der Waals surface area contributed by atoms with Gasteiger partial charge in [-0.3, -0.25) is 9.59 Å². The molecule has 0 spiro atoms. The zero-order valence-corrected chi connectivity index (χ0v) is 11.4. The Kier molecular flexibility index (Phi) is 7.91. The summed E-state index contributed by atoms with van der Waals surface area (Å²) in [6.07, 6.45) is 0.331. The van der Waals surface area contributed by atoms with Crippen molar-refractivity contribution in [1.82, 2.24) is 10.6 Å². The van der Waals surface area contributed by atoms with Crippen molar-refractivity contribution in [2.45, 2.75) is 20.3 Å². The van der Waals surface area contributed by atoms with Crippen molar-refractivity contribution in [3.8, 4) is 0 Å². The molecule has 2 amide bonds. The molecule has 0 aromatic rings. The van der Waals surface area contributed by atoms with Gasteiger partial charge in [0.15, 0.2) is 0 Å². The largest absolute Gasteiger partial charge is 0.384 e. The van der Waals surface area contributed by atoms with Crippen molar-refractivity contribution >= 4 is 23.4 Å². The van der Waals surface area contributed by atoms with Crippen LogP contribution in [-0.4, -0.2) is 44.5 Å². The number of hydrogen-bond donors (Lipinski definition) is 2. The lowest BCUT2D eigenvalue weighted by atomic mass is 9.95. The summed E-state index contributed by atoms with van der Waals surface area (Å²) in [5.41, 5.74) is -0.582. The fourth-order valence-electron chi connectivity index (χ4n) is 0.961. The summed E-state index contributed by atoms with van der Waals surface area (Å²) in [4.78, 5) is 22.8. The van der Waals surface area contributed by atoms with Gasteiger partial charge in [-0.05, 0) is 13.8 Å². The van der Waals surface area contributed by atoms with E-state index in [0.29, 0.717) is 26.1 Å². The number of halogens is 1. The molecule has 2 N–H and O–H groups in total. The molecule has 0 atom stereocenters. The number of rotatable bonds is 8. The molecule has 0 bridgehead atoms. The summed E-state index contributed by atoms with van der Waals surface area (Å²) < 4.78 is 4.77. The molecule has 0 radical (unpaired) electrons. The average Bonchev–Trinajstić information content (AvgIpc) is 2.31. The van der Waals surface area contributed by atoms with E-state index in [0.717, 1.165) is 0 Å². The molecule has 0 unspecified atom stereocenters. The molecule has 5 nitrogen and oxygen atoms in total. The molecule has 6 heteroatoms. The molecular formula is C11H21ClN2O3. The minimum atomic E-state index is -0.582. The molecule has 0 aliphatic carbocycles. The number of ether oxygens (including phenoxy) is 1. The Balaban J connectivity index is 3.65. The Morgan fingerprint density at radius 2 is 1.82 bits per heavy atom. The van der Waals surface area contributed by atoms with Gasteiger partial charge in [-0.15, -0.1) is 11.6 Å². The molecule has 0 fully saturated rings. The Morgan fingerprint density at radius 3 is 2.35 bits per heavy atom. The van der Waals surface area contributed by atoms with E-state index >= 15 is 0 Å². The molecule has 0 rings (SSSR count). The van der Waals surface area contributed by atoms with Crippen LogP contribution in [0.3, 0.4) is 0 Å². The van der Waals surface area contributed by atoms with Crippen LogP contribution in [-0.2, 0) is 14.3 Å². The maximum atomic E-state index is 11.6. The second-order valence-electron chi connectivity index (χ2n) is 4.37. The van der Waals surface area contributed by atoms with Gasteiger partial charge in [0.25, 0.3) is 0 Å². The van der Waals surface area contributed by atoms with Crippen LogP contribution >= 0.6 is 11.6 Å². The van der Waals surface area contributed by atoms with E-state index in [4.69, 9.17) is 16.3 Å². The summed E-state index contributed by atoms with van der Waals surface area (Å²) >= 11 is 5.66. The Labute approximate surface area is 107 Å². The number of carbonyl (C=O) groups is 2. The van der Waals surface area contributed by atoms with Gasteiger partial charge in [-0.1, -0.05) is 0 Å². The van der Waals surface area contributed by atoms with Crippen molar-refractivity contribution in [3.63, 3.8) is 0 Å². The van der Waals surface area contributed by atoms with Crippen LogP contribution in [0.15, 0.2) is 0 Å². The molecule has 0 aliphatic heterocycles. The Morgan fingerprint density at radius 1 is 1.24 bits per heavy atom. The highest BCUT2D eigenvalue weighted by molar-refractivity contribution is 6.19. The lowest BCUT2D eigenvalue weighted by Gasteiger charge is -2.20. The molecular weight excluding hydrogens is 244 g/mol. The van der Waals surface area contributed by atoms with E-state index < -0.39 is 5.41 Å². The first-order valence-corrected chi connectivity index (χ1v) is 6.07. The zero-order valence-electron chi connectivity index (χ0n) is 10.6. The number of carbonyl (C=O) groups excluding carboxylic acids is 2. The van der Waals surface area contributed by atoms with Crippen molar-refractivity contribution in [1.29, 1.82) is 0 Å².